The van der Waals surface area contributed by atoms with E-state index in [2.05, 4.69) is 52.5 Å². The predicted molar refractivity (Wildman–Crippen MR) is 79.6 cm³/mol. The summed E-state index contributed by atoms with van der Waals surface area (Å²) in [5.74, 6) is 0.727. The van der Waals surface area contributed by atoms with E-state index in [0.717, 1.165) is 31.1 Å². The summed E-state index contributed by atoms with van der Waals surface area (Å²) >= 11 is 0. The summed E-state index contributed by atoms with van der Waals surface area (Å²) in [6, 6.07) is 7.18. The van der Waals surface area contributed by atoms with Crippen molar-refractivity contribution in [3.05, 3.63) is 24.4 Å². The van der Waals surface area contributed by atoms with E-state index in [9.17, 15) is 0 Å². The van der Waals surface area contributed by atoms with Crippen LogP contribution in [0.2, 0.25) is 0 Å². The SMILES string of the molecule is CC(C)CC1CNCCN1c1ccc2[nH]ncc2c1. The van der Waals surface area contributed by atoms with E-state index in [4.69, 9.17) is 0 Å². The number of nitrogens with one attached hydrogen (secondary N) is 2. The van der Waals surface area contributed by atoms with E-state index in [1.54, 1.807) is 0 Å². The van der Waals surface area contributed by atoms with Gasteiger partial charge in [0.1, 0.15) is 0 Å². The van der Waals surface area contributed by atoms with Crippen LogP contribution in [0.4, 0.5) is 5.69 Å². The van der Waals surface area contributed by atoms with Gasteiger partial charge in [-0.05, 0) is 30.5 Å². The van der Waals surface area contributed by atoms with Gasteiger partial charge in [-0.25, -0.2) is 0 Å². The number of aromatic nitrogens is 2. The van der Waals surface area contributed by atoms with Crippen LogP contribution in [0, 0.1) is 5.92 Å². The van der Waals surface area contributed by atoms with E-state index in [-0.39, 0.29) is 0 Å². The molecule has 3 rings (SSSR count). The zero-order valence-corrected chi connectivity index (χ0v) is 11.7. The lowest BCUT2D eigenvalue weighted by Gasteiger charge is -2.39. The molecule has 1 atom stereocenters. The van der Waals surface area contributed by atoms with Crippen LogP contribution in [0.1, 0.15) is 20.3 Å². The molecule has 1 aliphatic rings. The lowest BCUT2D eigenvalue weighted by atomic mass is 10.00. The van der Waals surface area contributed by atoms with Gasteiger partial charge in [0.2, 0.25) is 0 Å². The van der Waals surface area contributed by atoms with Gasteiger partial charge in [-0.2, -0.15) is 5.10 Å². The summed E-state index contributed by atoms with van der Waals surface area (Å²) in [5, 5.41) is 11.8. The van der Waals surface area contributed by atoms with Crippen molar-refractivity contribution in [2.24, 2.45) is 5.92 Å². The van der Waals surface area contributed by atoms with E-state index in [1.165, 1.54) is 17.5 Å². The average molecular weight is 258 g/mol. The quantitative estimate of drug-likeness (QED) is 0.888. The molecule has 0 aliphatic carbocycles. The van der Waals surface area contributed by atoms with Gasteiger partial charge in [0.25, 0.3) is 0 Å². The van der Waals surface area contributed by atoms with Crippen molar-refractivity contribution in [2.75, 3.05) is 24.5 Å². The largest absolute Gasteiger partial charge is 0.366 e. The number of rotatable bonds is 3. The highest BCUT2D eigenvalue weighted by Gasteiger charge is 2.23. The second-order valence-corrected chi connectivity index (χ2v) is 5.82. The summed E-state index contributed by atoms with van der Waals surface area (Å²) in [5.41, 5.74) is 2.43. The van der Waals surface area contributed by atoms with Gasteiger partial charge in [0.15, 0.2) is 0 Å². The molecule has 0 bridgehead atoms. The minimum Gasteiger partial charge on any atom is -0.366 e. The molecule has 1 unspecified atom stereocenters. The minimum absolute atomic E-state index is 0.595. The molecule has 4 heteroatoms. The van der Waals surface area contributed by atoms with Gasteiger partial charge in [0.05, 0.1) is 11.7 Å². The molecule has 2 aromatic rings. The van der Waals surface area contributed by atoms with Gasteiger partial charge in [0, 0.05) is 36.7 Å². The standard InChI is InChI=1S/C15H22N4/c1-11(2)7-14-10-16-5-6-19(14)13-3-4-15-12(8-13)9-17-18-15/h3-4,8-9,11,14,16H,5-7,10H2,1-2H3,(H,17,18). The molecule has 0 saturated carbocycles. The second kappa shape index (κ2) is 5.21. The van der Waals surface area contributed by atoms with E-state index in [1.807, 2.05) is 6.20 Å². The molecule has 1 aromatic heterocycles. The number of H-pyrrole nitrogens is 1. The lowest BCUT2D eigenvalue weighted by Crippen LogP contribution is -2.51. The van der Waals surface area contributed by atoms with Crippen LogP contribution in [-0.4, -0.2) is 35.9 Å². The van der Waals surface area contributed by atoms with Crippen LogP contribution < -0.4 is 10.2 Å². The molecular formula is C15H22N4. The van der Waals surface area contributed by atoms with Crippen LogP contribution in [0.3, 0.4) is 0 Å². The molecule has 19 heavy (non-hydrogen) atoms. The second-order valence-electron chi connectivity index (χ2n) is 5.82. The maximum Gasteiger partial charge on any atom is 0.0651 e. The fraction of sp³-hybridized carbons (Fsp3) is 0.533. The summed E-state index contributed by atoms with van der Waals surface area (Å²) in [6.45, 7) is 7.83. The summed E-state index contributed by atoms with van der Waals surface area (Å²) < 4.78 is 0. The van der Waals surface area contributed by atoms with Crippen molar-refractivity contribution in [3.8, 4) is 0 Å². The third kappa shape index (κ3) is 2.59. The monoisotopic (exact) mass is 258 g/mol. The van der Waals surface area contributed by atoms with Crippen molar-refractivity contribution in [1.29, 1.82) is 0 Å². The van der Waals surface area contributed by atoms with Gasteiger partial charge >= 0.3 is 0 Å². The molecule has 2 N–H and O–H groups in total. The van der Waals surface area contributed by atoms with E-state index < -0.39 is 0 Å². The Hall–Kier alpha value is -1.55. The summed E-state index contributed by atoms with van der Waals surface area (Å²) in [4.78, 5) is 2.54. The third-order valence-electron chi connectivity index (χ3n) is 3.85. The molecule has 102 valence electrons. The summed E-state index contributed by atoms with van der Waals surface area (Å²) in [6.07, 6.45) is 3.13. The Bertz CT molecular complexity index is 546. The average Bonchev–Trinajstić information content (AvgIpc) is 2.86. The number of piperazine rings is 1. The Balaban J connectivity index is 1.88. The van der Waals surface area contributed by atoms with E-state index in [0.29, 0.717) is 6.04 Å². The number of benzene rings is 1. The number of aromatic amines is 1. The van der Waals surface area contributed by atoms with Crippen molar-refractivity contribution >= 4 is 16.6 Å². The Morgan fingerprint density at radius 3 is 3.16 bits per heavy atom. The van der Waals surface area contributed by atoms with Crippen molar-refractivity contribution in [1.82, 2.24) is 15.5 Å². The molecule has 1 fully saturated rings. The number of fused-ring (bicyclic) bond motifs is 1. The highest BCUT2D eigenvalue weighted by molar-refractivity contribution is 5.82. The Morgan fingerprint density at radius 1 is 1.42 bits per heavy atom. The molecule has 1 saturated heterocycles. The Morgan fingerprint density at radius 2 is 2.32 bits per heavy atom. The minimum atomic E-state index is 0.595. The Kier molecular flexibility index (Phi) is 3.42. The van der Waals surface area contributed by atoms with Gasteiger partial charge < -0.3 is 10.2 Å². The molecule has 0 radical (unpaired) electrons. The van der Waals surface area contributed by atoms with Crippen LogP contribution in [-0.2, 0) is 0 Å². The topological polar surface area (TPSA) is 44.0 Å². The first-order chi connectivity index (χ1) is 9.24. The fourth-order valence-electron chi connectivity index (χ4n) is 2.96. The predicted octanol–water partition coefficient (Wildman–Crippen LogP) is 2.39. The lowest BCUT2D eigenvalue weighted by molar-refractivity contribution is 0.407. The number of hydrogen-bond donors (Lipinski definition) is 2. The first-order valence-corrected chi connectivity index (χ1v) is 7.14. The Labute approximate surface area is 114 Å². The van der Waals surface area contributed by atoms with Crippen LogP contribution in [0.25, 0.3) is 10.9 Å². The maximum atomic E-state index is 4.10. The first-order valence-electron chi connectivity index (χ1n) is 7.14. The van der Waals surface area contributed by atoms with Crippen molar-refractivity contribution < 1.29 is 0 Å². The molecule has 0 amide bonds. The zero-order chi connectivity index (χ0) is 13.2. The van der Waals surface area contributed by atoms with Crippen LogP contribution in [0.15, 0.2) is 24.4 Å². The molecule has 4 nitrogen and oxygen atoms in total. The van der Waals surface area contributed by atoms with Crippen LogP contribution in [0.5, 0.6) is 0 Å². The fourth-order valence-corrected chi connectivity index (χ4v) is 2.96. The third-order valence-corrected chi connectivity index (χ3v) is 3.85. The van der Waals surface area contributed by atoms with Crippen molar-refractivity contribution in [3.63, 3.8) is 0 Å². The van der Waals surface area contributed by atoms with Crippen LogP contribution >= 0.6 is 0 Å². The number of anilines is 1. The van der Waals surface area contributed by atoms with Gasteiger partial charge in [-0.3, -0.25) is 5.10 Å². The molecule has 1 aliphatic heterocycles. The first kappa shape index (κ1) is 12.5. The van der Waals surface area contributed by atoms with Gasteiger partial charge in [-0.1, -0.05) is 13.8 Å². The highest BCUT2D eigenvalue weighted by Crippen LogP contribution is 2.25. The molecule has 0 spiro atoms. The molecule has 2 heterocycles. The highest BCUT2D eigenvalue weighted by atomic mass is 15.2. The number of nitrogens with zero attached hydrogens (tertiary/aromatic N) is 2. The maximum absolute atomic E-state index is 4.10. The molecular weight excluding hydrogens is 236 g/mol. The molecule has 1 aromatic carbocycles. The van der Waals surface area contributed by atoms with E-state index >= 15 is 0 Å². The number of hydrogen-bond acceptors (Lipinski definition) is 3. The normalized spacial score (nSPS) is 20.4. The zero-order valence-electron chi connectivity index (χ0n) is 11.7. The smallest absolute Gasteiger partial charge is 0.0651 e. The summed E-state index contributed by atoms with van der Waals surface area (Å²) in [7, 11) is 0. The van der Waals surface area contributed by atoms with Crippen molar-refractivity contribution in [2.45, 2.75) is 26.3 Å². The van der Waals surface area contributed by atoms with Gasteiger partial charge in [-0.15, -0.1) is 0 Å².